The lowest BCUT2D eigenvalue weighted by atomic mass is 9.99. The molecular formula is C10H17NO. The van der Waals surface area contributed by atoms with Gasteiger partial charge in [0.1, 0.15) is 5.78 Å². The summed E-state index contributed by atoms with van der Waals surface area (Å²) in [5.74, 6) is 0.458. The maximum atomic E-state index is 11.3. The summed E-state index contributed by atoms with van der Waals surface area (Å²) in [5.41, 5.74) is 0. The highest BCUT2D eigenvalue weighted by atomic mass is 16.1. The first kappa shape index (κ1) is 8.24. The lowest BCUT2D eigenvalue weighted by Gasteiger charge is -2.33. The number of nitrogens with zero attached hydrogens (tertiary/aromatic N) is 1. The molecule has 2 rings (SSSR count). The van der Waals surface area contributed by atoms with E-state index in [1.54, 1.807) is 0 Å². The zero-order valence-corrected chi connectivity index (χ0v) is 7.59. The molecule has 0 aliphatic carbocycles. The number of ketones is 1. The van der Waals surface area contributed by atoms with Gasteiger partial charge in [0.25, 0.3) is 0 Å². The topological polar surface area (TPSA) is 20.3 Å². The quantitative estimate of drug-likeness (QED) is 0.546. The van der Waals surface area contributed by atoms with Crippen LogP contribution in [-0.2, 0) is 4.79 Å². The third kappa shape index (κ3) is 1.69. The van der Waals surface area contributed by atoms with Crippen LogP contribution in [0, 0.1) is 0 Å². The summed E-state index contributed by atoms with van der Waals surface area (Å²) in [7, 11) is 0. The second-order valence-corrected chi connectivity index (χ2v) is 4.05. The normalized spacial score (nSPS) is 32.7. The average molecular weight is 167 g/mol. The second-order valence-electron chi connectivity index (χ2n) is 4.05. The van der Waals surface area contributed by atoms with Crippen molar-refractivity contribution in [3.63, 3.8) is 0 Å². The van der Waals surface area contributed by atoms with Crippen LogP contribution in [-0.4, -0.2) is 29.8 Å². The van der Waals surface area contributed by atoms with Crippen LogP contribution in [0.25, 0.3) is 0 Å². The molecule has 0 aromatic rings. The fraction of sp³-hybridized carbons (Fsp3) is 0.900. The van der Waals surface area contributed by atoms with E-state index in [1.165, 1.54) is 25.7 Å². The van der Waals surface area contributed by atoms with Crippen LogP contribution in [0.5, 0.6) is 0 Å². The highest BCUT2D eigenvalue weighted by Gasteiger charge is 2.26. The molecule has 0 aromatic carbocycles. The van der Waals surface area contributed by atoms with E-state index >= 15 is 0 Å². The number of carbonyl (C=O) groups is 1. The molecule has 12 heavy (non-hydrogen) atoms. The zero-order chi connectivity index (χ0) is 8.39. The van der Waals surface area contributed by atoms with Gasteiger partial charge in [-0.15, -0.1) is 0 Å². The molecule has 0 saturated carbocycles. The number of hydrogen-bond donors (Lipinski definition) is 0. The third-order valence-corrected chi connectivity index (χ3v) is 3.12. The molecule has 0 spiro atoms. The van der Waals surface area contributed by atoms with Gasteiger partial charge < -0.3 is 0 Å². The van der Waals surface area contributed by atoms with E-state index in [2.05, 4.69) is 4.90 Å². The highest BCUT2D eigenvalue weighted by Crippen LogP contribution is 2.23. The number of fused-ring (bicyclic) bond motifs is 1. The van der Waals surface area contributed by atoms with Gasteiger partial charge in [-0.3, -0.25) is 9.69 Å². The molecule has 0 bridgehead atoms. The maximum Gasteiger partial charge on any atom is 0.146 e. The number of Topliss-reactive ketones (excluding diaryl/α,β-unsaturated/α-hetero) is 1. The van der Waals surface area contributed by atoms with Gasteiger partial charge in [-0.2, -0.15) is 0 Å². The largest absolute Gasteiger partial charge is 0.298 e. The van der Waals surface area contributed by atoms with Crippen molar-refractivity contribution in [3.05, 3.63) is 0 Å². The molecule has 2 aliphatic heterocycles. The van der Waals surface area contributed by atoms with E-state index in [4.69, 9.17) is 0 Å². The standard InChI is InChI=1S/C10H17NO/c12-10-6-3-5-9-4-1-2-7-11(9)8-10/h9H,1-8H2. The van der Waals surface area contributed by atoms with Crippen LogP contribution < -0.4 is 0 Å². The molecule has 2 saturated heterocycles. The van der Waals surface area contributed by atoms with Crippen molar-refractivity contribution in [3.8, 4) is 0 Å². The van der Waals surface area contributed by atoms with Gasteiger partial charge in [-0.1, -0.05) is 6.42 Å². The fourth-order valence-corrected chi connectivity index (χ4v) is 2.44. The van der Waals surface area contributed by atoms with E-state index in [9.17, 15) is 4.79 Å². The van der Waals surface area contributed by atoms with Crippen molar-refractivity contribution in [1.82, 2.24) is 4.90 Å². The van der Waals surface area contributed by atoms with Gasteiger partial charge in [-0.05, 0) is 32.2 Å². The predicted molar refractivity (Wildman–Crippen MR) is 48.1 cm³/mol. The Morgan fingerprint density at radius 3 is 2.92 bits per heavy atom. The van der Waals surface area contributed by atoms with E-state index in [0.29, 0.717) is 5.78 Å². The number of rotatable bonds is 0. The van der Waals surface area contributed by atoms with Crippen molar-refractivity contribution < 1.29 is 4.79 Å². The first-order valence-corrected chi connectivity index (χ1v) is 5.12. The molecule has 2 fully saturated rings. The minimum absolute atomic E-state index is 0.458. The number of hydrogen-bond acceptors (Lipinski definition) is 2. The lowest BCUT2D eigenvalue weighted by Crippen LogP contribution is -2.40. The Kier molecular flexibility index (Phi) is 2.45. The van der Waals surface area contributed by atoms with Gasteiger partial charge in [0.05, 0.1) is 6.54 Å². The van der Waals surface area contributed by atoms with E-state index in [-0.39, 0.29) is 0 Å². The molecule has 68 valence electrons. The van der Waals surface area contributed by atoms with Crippen molar-refractivity contribution in [1.29, 1.82) is 0 Å². The molecule has 0 aromatic heterocycles. The van der Waals surface area contributed by atoms with Gasteiger partial charge in [0, 0.05) is 12.5 Å². The van der Waals surface area contributed by atoms with Crippen molar-refractivity contribution in [2.24, 2.45) is 0 Å². The Labute approximate surface area is 73.9 Å². The highest BCUT2D eigenvalue weighted by molar-refractivity contribution is 5.80. The Bertz CT molecular complexity index is 179. The summed E-state index contributed by atoms with van der Waals surface area (Å²) in [6.45, 7) is 1.90. The molecule has 2 heterocycles. The number of carbonyl (C=O) groups excluding carboxylic acids is 1. The van der Waals surface area contributed by atoms with Gasteiger partial charge >= 0.3 is 0 Å². The summed E-state index contributed by atoms with van der Waals surface area (Å²) in [4.78, 5) is 13.7. The monoisotopic (exact) mass is 167 g/mol. The Morgan fingerprint density at radius 2 is 2.00 bits per heavy atom. The zero-order valence-electron chi connectivity index (χ0n) is 7.59. The first-order chi connectivity index (χ1) is 5.86. The minimum atomic E-state index is 0.458. The maximum absolute atomic E-state index is 11.3. The second kappa shape index (κ2) is 3.56. The van der Waals surface area contributed by atoms with Gasteiger partial charge in [0.15, 0.2) is 0 Å². The van der Waals surface area contributed by atoms with E-state index < -0.39 is 0 Å². The first-order valence-electron chi connectivity index (χ1n) is 5.12. The molecule has 2 nitrogen and oxygen atoms in total. The minimum Gasteiger partial charge on any atom is -0.298 e. The summed E-state index contributed by atoms with van der Waals surface area (Å²) in [5, 5.41) is 0. The molecule has 0 radical (unpaired) electrons. The molecule has 1 unspecified atom stereocenters. The molecule has 2 heteroatoms. The fourth-order valence-electron chi connectivity index (χ4n) is 2.44. The van der Waals surface area contributed by atoms with E-state index in [1.807, 2.05) is 0 Å². The van der Waals surface area contributed by atoms with Crippen molar-refractivity contribution in [2.75, 3.05) is 13.1 Å². The molecule has 0 N–H and O–H groups in total. The van der Waals surface area contributed by atoms with Crippen molar-refractivity contribution >= 4 is 5.78 Å². The number of piperidine rings is 1. The summed E-state index contributed by atoms with van der Waals surface area (Å²) in [6.07, 6.45) is 7.20. The molecular weight excluding hydrogens is 150 g/mol. The molecule has 1 atom stereocenters. The van der Waals surface area contributed by atoms with Gasteiger partial charge in [-0.25, -0.2) is 0 Å². The van der Waals surface area contributed by atoms with Crippen LogP contribution in [0.3, 0.4) is 0 Å². The summed E-state index contributed by atoms with van der Waals surface area (Å²) < 4.78 is 0. The van der Waals surface area contributed by atoms with Crippen LogP contribution in [0.4, 0.5) is 0 Å². The Balaban J connectivity index is 2.01. The Hall–Kier alpha value is -0.370. The summed E-state index contributed by atoms with van der Waals surface area (Å²) in [6, 6.07) is 0.741. The van der Waals surface area contributed by atoms with E-state index in [0.717, 1.165) is 32.0 Å². The van der Waals surface area contributed by atoms with Gasteiger partial charge in [0.2, 0.25) is 0 Å². The molecule has 2 aliphatic rings. The smallest absolute Gasteiger partial charge is 0.146 e. The SMILES string of the molecule is O=C1CCCC2CCCCN2C1. The third-order valence-electron chi connectivity index (χ3n) is 3.12. The van der Waals surface area contributed by atoms with Crippen LogP contribution in [0.1, 0.15) is 38.5 Å². The predicted octanol–water partition coefficient (Wildman–Crippen LogP) is 1.59. The van der Waals surface area contributed by atoms with Crippen LogP contribution in [0.2, 0.25) is 0 Å². The van der Waals surface area contributed by atoms with Crippen molar-refractivity contribution in [2.45, 2.75) is 44.6 Å². The summed E-state index contributed by atoms with van der Waals surface area (Å²) >= 11 is 0. The average Bonchev–Trinajstić information content (AvgIpc) is 2.25. The van der Waals surface area contributed by atoms with Crippen LogP contribution in [0.15, 0.2) is 0 Å². The van der Waals surface area contributed by atoms with Crippen LogP contribution >= 0.6 is 0 Å². The Morgan fingerprint density at radius 1 is 1.17 bits per heavy atom. The molecule has 0 amide bonds. The lowest BCUT2D eigenvalue weighted by molar-refractivity contribution is -0.120.